The Morgan fingerprint density at radius 1 is 1.29 bits per heavy atom. The summed E-state index contributed by atoms with van der Waals surface area (Å²) in [5.74, 6) is 0.323. The van der Waals surface area contributed by atoms with Crippen molar-refractivity contribution in [1.82, 2.24) is 10.2 Å². The van der Waals surface area contributed by atoms with Crippen molar-refractivity contribution in [3.05, 3.63) is 54.0 Å². The number of β-amino-alcohol motifs (C(OH)–C–C–N with tert-alkyl or cyclic N) is 1. The molecule has 2 atom stereocenters. The SMILES string of the molecule is CCC(=O)c1ccc(OC[C@@H](O)CN2C(=O)N[C@@](C)(c3ccco3)C2=O)cc1. The lowest BCUT2D eigenvalue weighted by Gasteiger charge is -2.20. The van der Waals surface area contributed by atoms with Crippen molar-refractivity contribution in [3.8, 4) is 5.75 Å². The van der Waals surface area contributed by atoms with Crippen LogP contribution in [0.2, 0.25) is 0 Å². The van der Waals surface area contributed by atoms with Gasteiger partial charge < -0.3 is 19.6 Å². The van der Waals surface area contributed by atoms with Gasteiger partial charge in [-0.1, -0.05) is 6.92 Å². The van der Waals surface area contributed by atoms with Gasteiger partial charge in [0, 0.05) is 12.0 Å². The Morgan fingerprint density at radius 3 is 2.61 bits per heavy atom. The van der Waals surface area contributed by atoms with Gasteiger partial charge >= 0.3 is 6.03 Å². The molecule has 0 spiro atoms. The summed E-state index contributed by atoms with van der Waals surface area (Å²) in [7, 11) is 0. The number of urea groups is 1. The second-order valence-electron chi connectivity index (χ2n) is 6.71. The number of amides is 3. The summed E-state index contributed by atoms with van der Waals surface area (Å²) in [5, 5.41) is 12.8. The number of rotatable bonds is 8. The van der Waals surface area contributed by atoms with Gasteiger partial charge in [0.1, 0.15) is 24.2 Å². The number of ketones is 1. The molecule has 8 heteroatoms. The molecule has 0 bridgehead atoms. The van der Waals surface area contributed by atoms with Crippen LogP contribution in [0.4, 0.5) is 4.79 Å². The highest BCUT2D eigenvalue weighted by Gasteiger charge is 2.51. The van der Waals surface area contributed by atoms with Gasteiger partial charge in [0.05, 0.1) is 12.8 Å². The molecule has 8 nitrogen and oxygen atoms in total. The molecule has 1 aliphatic rings. The van der Waals surface area contributed by atoms with Gasteiger partial charge in [-0.3, -0.25) is 14.5 Å². The molecule has 0 unspecified atom stereocenters. The van der Waals surface area contributed by atoms with Crippen LogP contribution in [0.25, 0.3) is 0 Å². The number of benzene rings is 1. The lowest BCUT2D eigenvalue weighted by atomic mass is 9.99. The highest BCUT2D eigenvalue weighted by molar-refractivity contribution is 6.06. The number of nitrogens with one attached hydrogen (secondary N) is 1. The van der Waals surface area contributed by atoms with Crippen molar-refractivity contribution in [2.24, 2.45) is 0 Å². The first kappa shape index (κ1) is 19.6. The molecule has 0 aliphatic carbocycles. The fraction of sp³-hybridized carbons (Fsp3) is 0.350. The van der Waals surface area contributed by atoms with E-state index in [1.165, 1.54) is 6.26 Å². The second kappa shape index (κ2) is 7.85. The average molecular weight is 386 g/mol. The molecular formula is C20H22N2O6. The zero-order chi connectivity index (χ0) is 20.3. The van der Waals surface area contributed by atoms with E-state index in [1.807, 2.05) is 0 Å². The Balaban J connectivity index is 1.57. The Hall–Kier alpha value is -3.13. The van der Waals surface area contributed by atoms with Gasteiger partial charge in [0.25, 0.3) is 5.91 Å². The normalized spacial score (nSPS) is 20.2. The maximum atomic E-state index is 12.7. The molecular weight excluding hydrogens is 364 g/mol. The van der Waals surface area contributed by atoms with Crippen LogP contribution in [-0.4, -0.2) is 47.0 Å². The molecule has 3 amide bonds. The Bertz CT molecular complexity index is 861. The van der Waals surface area contributed by atoms with Crippen molar-refractivity contribution in [1.29, 1.82) is 0 Å². The summed E-state index contributed by atoms with van der Waals surface area (Å²) < 4.78 is 10.8. The van der Waals surface area contributed by atoms with Crippen LogP contribution < -0.4 is 10.1 Å². The fourth-order valence-electron chi connectivity index (χ4n) is 2.99. The van der Waals surface area contributed by atoms with Crippen LogP contribution >= 0.6 is 0 Å². The minimum atomic E-state index is -1.30. The van der Waals surface area contributed by atoms with Gasteiger partial charge in [-0.25, -0.2) is 4.79 Å². The van der Waals surface area contributed by atoms with E-state index in [1.54, 1.807) is 50.2 Å². The molecule has 2 N–H and O–H groups in total. The van der Waals surface area contributed by atoms with E-state index in [4.69, 9.17) is 9.15 Å². The van der Waals surface area contributed by atoms with E-state index in [0.29, 0.717) is 23.5 Å². The van der Waals surface area contributed by atoms with Crippen LogP contribution in [0, 0.1) is 0 Å². The number of ether oxygens (including phenoxy) is 1. The van der Waals surface area contributed by atoms with Crippen molar-refractivity contribution in [2.75, 3.05) is 13.2 Å². The summed E-state index contributed by atoms with van der Waals surface area (Å²) in [5.41, 5.74) is -0.713. The highest BCUT2D eigenvalue weighted by Crippen LogP contribution is 2.29. The Labute approximate surface area is 162 Å². The summed E-state index contributed by atoms with van der Waals surface area (Å²) >= 11 is 0. The highest BCUT2D eigenvalue weighted by atomic mass is 16.5. The monoisotopic (exact) mass is 386 g/mol. The molecule has 1 aromatic carbocycles. The Kier molecular flexibility index (Phi) is 5.51. The smallest absolute Gasteiger partial charge is 0.325 e. The molecule has 1 saturated heterocycles. The van der Waals surface area contributed by atoms with Gasteiger partial charge in [0.2, 0.25) is 0 Å². The number of nitrogens with zero attached hydrogens (tertiary/aromatic N) is 1. The molecule has 0 saturated carbocycles. The van der Waals surface area contributed by atoms with Gasteiger partial charge in [-0.2, -0.15) is 0 Å². The zero-order valence-corrected chi connectivity index (χ0v) is 15.7. The maximum Gasteiger partial charge on any atom is 0.325 e. The van der Waals surface area contributed by atoms with Crippen molar-refractivity contribution in [2.45, 2.75) is 31.9 Å². The largest absolute Gasteiger partial charge is 0.491 e. The van der Waals surface area contributed by atoms with Crippen LogP contribution in [0.1, 0.15) is 36.4 Å². The topological polar surface area (TPSA) is 109 Å². The third-order valence-corrected chi connectivity index (χ3v) is 4.62. The first-order chi connectivity index (χ1) is 13.3. The molecule has 0 radical (unpaired) electrons. The fourth-order valence-corrected chi connectivity index (χ4v) is 2.99. The first-order valence-corrected chi connectivity index (χ1v) is 8.97. The summed E-state index contributed by atoms with van der Waals surface area (Å²) in [6.07, 6.45) is 0.762. The molecule has 148 valence electrons. The molecule has 28 heavy (non-hydrogen) atoms. The lowest BCUT2D eigenvalue weighted by molar-refractivity contribution is -0.132. The number of carbonyl (C=O) groups is 3. The number of carbonyl (C=O) groups excluding carboxylic acids is 3. The van der Waals surface area contributed by atoms with Crippen LogP contribution in [0.3, 0.4) is 0 Å². The van der Waals surface area contributed by atoms with E-state index >= 15 is 0 Å². The van der Waals surface area contributed by atoms with Crippen molar-refractivity contribution < 1.29 is 28.6 Å². The molecule has 1 aliphatic heterocycles. The van der Waals surface area contributed by atoms with Crippen molar-refractivity contribution in [3.63, 3.8) is 0 Å². The Morgan fingerprint density at radius 2 is 2.00 bits per heavy atom. The van der Waals surface area contributed by atoms with Gasteiger partial charge in [0.15, 0.2) is 11.3 Å². The average Bonchev–Trinajstić information content (AvgIpc) is 3.31. The van der Waals surface area contributed by atoms with Crippen LogP contribution in [0.15, 0.2) is 47.1 Å². The number of hydrogen-bond donors (Lipinski definition) is 2. The number of aliphatic hydroxyl groups is 1. The molecule has 3 rings (SSSR count). The number of aliphatic hydroxyl groups excluding tert-OH is 1. The van der Waals surface area contributed by atoms with Gasteiger partial charge in [-0.05, 0) is 43.3 Å². The maximum absolute atomic E-state index is 12.7. The second-order valence-corrected chi connectivity index (χ2v) is 6.71. The third-order valence-electron chi connectivity index (χ3n) is 4.62. The van der Waals surface area contributed by atoms with Crippen LogP contribution in [-0.2, 0) is 10.3 Å². The summed E-state index contributed by atoms with van der Waals surface area (Å²) in [6, 6.07) is 9.21. The summed E-state index contributed by atoms with van der Waals surface area (Å²) in [6.45, 7) is 3.01. The molecule has 1 fully saturated rings. The van der Waals surface area contributed by atoms with E-state index in [2.05, 4.69) is 5.32 Å². The number of furan rings is 1. The quantitative estimate of drug-likeness (QED) is 0.531. The molecule has 2 heterocycles. The standard InChI is InChI=1S/C20H22N2O6/c1-3-16(24)13-6-8-15(9-7-13)28-12-14(23)11-22-18(25)20(2,21-19(22)26)17-5-4-10-27-17/h4-10,14,23H,3,11-12H2,1-2H3,(H,21,26)/t14-,20-/m0/s1. The lowest BCUT2D eigenvalue weighted by Crippen LogP contribution is -2.42. The number of Topliss-reactive ketones (excluding diaryl/α,β-unsaturated/α-hetero) is 1. The van der Waals surface area contributed by atoms with Crippen molar-refractivity contribution >= 4 is 17.7 Å². The number of imide groups is 1. The minimum absolute atomic E-state index is 0.0322. The van der Waals surface area contributed by atoms with E-state index in [9.17, 15) is 19.5 Å². The van der Waals surface area contributed by atoms with E-state index < -0.39 is 23.6 Å². The van der Waals surface area contributed by atoms with E-state index in [0.717, 1.165) is 4.90 Å². The molecule has 1 aromatic heterocycles. The first-order valence-electron chi connectivity index (χ1n) is 8.97. The molecule has 2 aromatic rings. The number of hydrogen-bond acceptors (Lipinski definition) is 6. The predicted octanol–water partition coefficient (Wildman–Crippen LogP) is 2.08. The van der Waals surface area contributed by atoms with Crippen LogP contribution in [0.5, 0.6) is 5.75 Å². The predicted molar refractivity (Wildman–Crippen MR) is 98.9 cm³/mol. The minimum Gasteiger partial charge on any atom is -0.491 e. The third kappa shape index (κ3) is 3.77. The van der Waals surface area contributed by atoms with E-state index in [-0.39, 0.29) is 18.9 Å². The zero-order valence-electron chi connectivity index (χ0n) is 15.7. The van der Waals surface area contributed by atoms with Gasteiger partial charge in [-0.15, -0.1) is 0 Å². The summed E-state index contributed by atoms with van der Waals surface area (Å²) in [4.78, 5) is 37.4.